The molecule has 220 valence electrons. The SMILES string of the molecule is CS(=O)(=O)N1CC2(CCN(C(=O)C(Cc3ccc(Br)cc3)NC(=O)C3Cc4ccccc4CN3)CC2)c2ccccc21. The van der Waals surface area contributed by atoms with Crippen molar-refractivity contribution in [2.75, 3.05) is 30.2 Å². The van der Waals surface area contributed by atoms with Crippen molar-refractivity contribution in [3.63, 3.8) is 0 Å². The second kappa shape index (κ2) is 11.5. The van der Waals surface area contributed by atoms with Crippen LogP contribution in [0.2, 0.25) is 0 Å². The van der Waals surface area contributed by atoms with Gasteiger partial charge in [0.2, 0.25) is 21.8 Å². The zero-order chi connectivity index (χ0) is 29.5. The predicted molar refractivity (Wildman–Crippen MR) is 167 cm³/mol. The summed E-state index contributed by atoms with van der Waals surface area (Å²) in [4.78, 5) is 29.4. The number of benzene rings is 3. The lowest BCUT2D eigenvalue weighted by atomic mass is 9.74. The first-order valence-electron chi connectivity index (χ1n) is 14.3. The molecule has 3 aliphatic heterocycles. The van der Waals surface area contributed by atoms with E-state index < -0.39 is 22.1 Å². The highest BCUT2D eigenvalue weighted by Crippen LogP contribution is 2.47. The first-order chi connectivity index (χ1) is 20.1. The van der Waals surface area contributed by atoms with Crippen LogP contribution in [0.4, 0.5) is 5.69 Å². The van der Waals surface area contributed by atoms with Crippen LogP contribution in [-0.2, 0) is 44.4 Å². The number of halogens is 1. The van der Waals surface area contributed by atoms with Crippen molar-refractivity contribution in [3.05, 3.63) is 99.5 Å². The topological polar surface area (TPSA) is 98.8 Å². The van der Waals surface area contributed by atoms with E-state index in [1.165, 1.54) is 16.1 Å². The Labute approximate surface area is 255 Å². The van der Waals surface area contributed by atoms with E-state index in [2.05, 4.69) is 38.7 Å². The maximum atomic E-state index is 14.0. The van der Waals surface area contributed by atoms with Gasteiger partial charge in [-0.2, -0.15) is 0 Å². The molecule has 3 heterocycles. The van der Waals surface area contributed by atoms with Gasteiger partial charge >= 0.3 is 0 Å². The summed E-state index contributed by atoms with van der Waals surface area (Å²) in [7, 11) is -3.42. The molecule has 0 bridgehead atoms. The molecule has 2 N–H and O–H groups in total. The van der Waals surface area contributed by atoms with E-state index in [9.17, 15) is 18.0 Å². The number of sulfonamides is 1. The molecule has 2 atom stereocenters. The van der Waals surface area contributed by atoms with Crippen LogP contribution in [-0.4, -0.2) is 63.1 Å². The predicted octanol–water partition coefficient (Wildman–Crippen LogP) is 3.53. The van der Waals surface area contributed by atoms with Crippen LogP contribution in [0.5, 0.6) is 0 Å². The number of likely N-dealkylation sites (tertiary alicyclic amines) is 1. The van der Waals surface area contributed by atoms with Gasteiger partial charge < -0.3 is 15.5 Å². The quantitative estimate of drug-likeness (QED) is 0.425. The minimum Gasteiger partial charge on any atom is -0.343 e. The van der Waals surface area contributed by atoms with Crippen molar-refractivity contribution in [2.45, 2.75) is 49.7 Å². The molecule has 1 spiro atoms. The molecule has 0 aromatic heterocycles. The molecule has 10 heteroatoms. The number of rotatable bonds is 6. The van der Waals surface area contributed by atoms with E-state index in [1.54, 1.807) is 0 Å². The molecule has 42 heavy (non-hydrogen) atoms. The minimum absolute atomic E-state index is 0.108. The summed E-state index contributed by atoms with van der Waals surface area (Å²) in [6, 6.07) is 22.5. The Hall–Kier alpha value is -3.21. The van der Waals surface area contributed by atoms with Gasteiger partial charge in [0.15, 0.2) is 0 Å². The summed E-state index contributed by atoms with van der Waals surface area (Å²) in [6.07, 6.45) is 3.51. The molecule has 2 amide bonds. The molecule has 0 saturated carbocycles. The molecule has 1 fully saturated rings. The standard InChI is InChI=1S/C32H35BrN4O4S/c1-42(40,41)37-21-32(26-8-4-5-9-29(26)37)14-16-36(17-15-32)31(39)28(18-22-10-12-25(33)13-11-22)35-30(38)27-19-23-6-2-3-7-24(23)20-34-27/h2-13,27-28,34H,14-21H2,1H3,(H,35,38). The molecule has 0 radical (unpaired) electrons. The molecule has 6 rings (SSSR count). The van der Waals surface area contributed by atoms with Crippen molar-refractivity contribution in [3.8, 4) is 0 Å². The van der Waals surface area contributed by atoms with Gasteiger partial charge in [0, 0.05) is 42.5 Å². The van der Waals surface area contributed by atoms with Gasteiger partial charge in [-0.25, -0.2) is 8.42 Å². The van der Waals surface area contributed by atoms with Gasteiger partial charge in [0.25, 0.3) is 0 Å². The largest absolute Gasteiger partial charge is 0.343 e. The molecule has 3 aliphatic rings. The molecular weight excluding hydrogens is 616 g/mol. The first kappa shape index (κ1) is 28.9. The van der Waals surface area contributed by atoms with Crippen molar-refractivity contribution < 1.29 is 18.0 Å². The number of carbonyl (C=O) groups is 2. The Kier molecular flexibility index (Phi) is 7.89. The number of carbonyl (C=O) groups excluding carboxylic acids is 2. The average Bonchev–Trinajstić information content (AvgIpc) is 3.32. The third-order valence-corrected chi connectivity index (χ3v) is 10.6. The molecule has 3 aromatic carbocycles. The monoisotopic (exact) mass is 650 g/mol. The smallest absolute Gasteiger partial charge is 0.245 e. The molecule has 0 aliphatic carbocycles. The van der Waals surface area contributed by atoms with Crippen LogP contribution < -0.4 is 14.9 Å². The van der Waals surface area contributed by atoms with E-state index in [0.717, 1.165) is 26.9 Å². The zero-order valence-electron chi connectivity index (χ0n) is 23.6. The van der Waals surface area contributed by atoms with Crippen LogP contribution in [0.25, 0.3) is 0 Å². The minimum atomic E-state index is -3.42. The average molecular weight is 652 g/mol. The Morgan fingerprint density at radius 1 is 1.00 bits per heavy atom. The van der Waals surface area contributed by atoms with Crippen LogP contribution >= 0.6 is 15.9 Å². The zero-order valence-corrected chi connectivity index (χ0v) is 26.0. The molecule has 1 saturated heterocycles. The Morgan fingerprint density at radius 3 is 2.38 bits per heavy atom. The normalized spacial score (nSPS) is 20.1. The van der Waals surface area contributed by atoms with Crippen molar-refractivity contribution >= 4 is 43.5 Å². The van der Waals surface area contributed by atoms with E-state index in [1.807, 2.05) is 65.6 Å². The fraction of sp³-hybridized carbons (Fsp3) is 0.375. The second-order valence-corrected chi connectivity index (χ2v) is 14.5. The Morgan fingerprint density at radius 2 is 1.67 bits per heavy atom. The highest BCUT2D eigenvalue weighted by atomic mass is 79.9. The second-order valence-electron chi connectivity index (χ2n) is 11.7. The van der Waals surface area contributed by atoms with Crippen molar-refractivity contribution in [1.29, 1.82) is 0 Å². The van der Waals surface area contributed by atoms with Crippen LogP contribution in [0.15, 0.2) is 77.3 Å². The highest BCUT2D eigenvalue weighted by molar-refractivity contribution is 9.10. The van der Waals surface area contributed by atoms with Gasteiger partial charge in [-0.3, -0.25) is 13.9 Å². The van der Waals surface area contributed by atoms with Gasteiger partial charge in [-0.05, 0) is 59.7 Å². The Balaban J connectivity index is 1.19. The summed E-state index contributed by atoms with van der Waals surface area (Å²) in [5.41, 5.74) is 4.73. The summed E-state index contributed by atoms with van der Waals surface area (Å²) in [5, 5.41) is 6.42. The third kappa shape index (κ3) is 5.72. The molecule has 2 unspecified atom stereocenters. The number of hydrogen-bond donors (Lipinski definition) is 2. The number of piperidine rings is 1. The van der Waals surface area contributed by atoms with Crippen molar-refractivity contribution in [2.24, 2.45) is 0 Å². The summed E-state index contributed by atoms with van der Waals surface area (Å²) in [6.45, 7) is 1.99. The van der Waals surface area contributed by atoms with Gasteiger partial charge in [-0.15, -0.1) is 0 Å². The van der Waals surface area contributed by atoms with Crippen LogP contribution in [0, 0.1) is 0 Å². The van der Waals surface area contributed by atoms with E-state index >= 15 is 0 Å². The Bertz CT molecular complexity index is 1600. The first-order valence-corrected chi connectivity index (χ1v) is 17.0. The maximum absolute atomic E-state index is 14.0. The lowest BCUT2D eigenvalue weighted by Gasteiger charge is -2.41. The number of nitrogens with zero attached hydrogens (tertiary/aromatic N) is 2. The number of para-hydroxylation sites is 1. The summed E-state index contributed by atoms with van der Waals surface area (Å²) in [5.74, 6) is -0.287. The fourth-order valence-corrected chi connectivity index (χ4v) is 7.91. The van der Waals surface area contributed by atoms with E-state index in [0.29, 0.717) is 51.9 Å². The fourth-order valence-electron chi connectivity index (χ4n) is 6.65. The van der Waals surface area contributed by atoms with E-state index in [4.69, 9.17) is 0 Å². The van der Waals surface area contributed by atoms with Crippen LogP contribution in [0.3, 0.4) is 0 Å². The van der Waals surface area contributed by atoms with Crippen LogP contribution in [0.1, 0.15) is 35.1 Å². The van der Waals surface area contributed by atoms with Gasteiger partial charge in [-0.1, -0.05) is 70.5 Å². The number of nitrogens with one attached hydrogen (secondary N) is 2. The third-order valence-electron chi connectivity index (χ3n) is 8.99. The number of hydrogen-bond acceptors (Lipinski definition) is 5. The van der Waals surface area contributed by atoms with Gasteiger partial charge in [0.1, 0.15) is 6.04 Å². The number of fused-ring (bicyclic) bond motifs is 3. The molecule has 8 nitrogen and oxygen atoms in total. The summed E-state index contributed by atoms with van der Waals surface area (Å²) < 4.78 is 27.6. The highest BCUT2D eigenvalue weighted by Gasteiger charge is 2.48. The number of anilines is 1. The lowest BCUT2D eigenvalue weighted by molar-refractivity contribution is -0.138. The number of amides is 2. The van der Waals surface area contributed by atoms with Gasteiger partial charge in [0.05, 0.1) is 18.0 Å². The van der Waals surface area contributed by atoms with Crippen molar-refractivity contribution in [1.82, 2.24) is 15.5 Å². The lowest BCUT2D eigenvalue weighted by Crippen LogP contribution is -2.57. The molecule has 3 aromatic rings. The summed E-state index contributed by atoms with van der Waals surface area (Å²) >= 11 is 3.47. The maximum Gasteiger partial charge on any atom is 0.245 e. The molecular formula is C32H35BrN4O4S. The van der Waals surface area contributed by atoms with E-state index in [-0.39, 0.29) is 17.2 Å².